The van der Waals surface area contributed by atoms with Gasteiger partial charge in [0.1, 0.15) is 12.2 Å². The number of para-hydroxylation sites is 1. The van der Waals surface area contributed by atoms with Crippen LogP contribution in [0.2, 0.25) is 0 Å². The van der Waals surface area contributed by atoms with Crippen LogP contribution in [0.3, 0.4) is 0 Å². The molecular weight excluding hydrogens is 358 g/mol. The van der Waals surface area contributed by atoms with Gasteiger partial charge in [-0.25, -0.2) is 0 Å². The number of rotatable bonds is 7. The minimum atomic E-state index is -0.201. The molecule has 0 spiro atoms. The number of fused-ring (bicyclic) bond motifs is 1. The van der Waals surface area contributed by atoms with E-state index < -0.39 is 0 Å². The molecule has 0 saturated heterocycles. The highest BCUT2D eigenvalue weighted by Gasteiger charge is 2.32. The van der Waals surface area contributed by atoms with Crippen LogP contribution in [0.1, 0.15) is 43.6 Å². The number of hydrogen-bond acceptors (Lipinski definition) is 4. The Kier molecular flexibility index (Phi) is 6.00. The first-order chi connectivity index (χ1) is 12.9. The molecule has 1 heterocycles. The number of nitrogens with one attached hydrogen (secondary N) is 1. The number of hydrogen-bond donors (Lipinski definition) is 1. The standard InChI is InChI=1S/C22H27NO3S/c1-15(2)27-19-11-6-5-9-17(19)21(24)23-12-13-25-18-10-7-8-16-14-22(3,4)26-20(16)18/h5-11,15H,12-14H2,1-4H3,(H,23,24). The Morgan fingerprint density at radius 3 is 2.78 bits per heavy atom. The molecule has 0 radical (unpaired) electrons. The zero-order chi connectivity index (χ0) is 19.4. The van der Waals surface area contributed by atoms with Crippen molar-refractivity contribution in [3.8, 4) is 11.5 Å². The van der Waals surface area contributed by atoms with Crippen molar-refractivity contribution in [1.29, 1.82) is 0 Å². The Morgan fingerprint density at radius 2 is 2.00 bits per heavy atom. The lowest BCUT2D eigenvalue weighted by molar-refractivity contribution is 0.0943. The summed E-state index contributed by atoms with van der Waals surface area (Å²) in [6.45, 7) is 9.22. The lowest BCUT2D eigenvalue weighted by Crippen LogP contribution is -2.28. The molecule has 2 aromatic carbocycles. The van der Waals surface area contributed by atoms with E-state index in [0.717, 1.165) is 22.8 Å². The molecule has 1 amide bonds. The van der Waals surface area contributed by atoms with E-state index in [1.165, 1.54) is 5.56 Å². The van der Waals surface area contributed by atoms with Gasteiger partial charge < -0.3 is 14.8 Å². The zero-order valence-corrected chi connectivity index (χ0v) is 17.2. The summed E-state index contributed by atoms with van der Waals surface area (Å²) in [5.74, 6) is 1.49. The molecule has 3 rings (SSSR count). The van der Waals surface area contributed by atoms with Gasteiger partial charge in [-0.3, -0.25) is 4.79 Å². The van der Waals surface area contributed by atoms with E-state index in [1.807, 2.05) is 36.4 Å². The molecule has 4 nitrogen and oxygen atoms in total. The van der Waals surface area contributed by atoms with E-state index in [0.29, 0.717) is 24.0 Å². The summed E-state index contributed by atoms with van der Waals surface area (Å²) in [6.07, 6.45) is 0.876. The van der Waals surface area contributed by atoms with Gasteiger partial charge in [0, 0.05) is 22.1 Å². The lowest BCUT2D eigenvalue weighted by atomic mass is 10.0. The summed E-state index contributed by atoms with van der Waals surface area (Å²) < 4.78 is 11.9. The third kappa shape index (κ3) is 4.98. The predicted molar refractivity (Wildman–Crippen MR) is 110 cm³/mol. The normalized spacial score (nSPS) is 14.6. The highest BCUT2D eigenvalue weighted by Crippen LogP contribution is 2.41. The van der Waals surface area contributed by atoms with Gasteiger partial charge in [-0.15, -0.1) is 11.8 Å². The first kappa shape index (κ1) is 19.6. The van der Waals surface area contributed by atoms with E-state index in [9.17, 15) is 4.79 Å². The van der Waals surface area contributed by atoms with Crippen LogP contribution in [-0.4, -0.2) is 29.9 Å². The Balaban J connectivity index is 1.55. The quantitative estimate of drug-likeness (QED) is 0.554. The number of benzene rings is 2. The summed E-state index contributed by atoms with van der Waals surface area (Å²) in [5, 5.41) is 3.37. The molecule has 0 bridgehead atoms. The van der Waals surface area contributed by atoms with Crippen molar-refractivity contribution < 1.29 is 14.3 Å². The molecule has 0 aliphatic carbocycles. The van der Waals surface area contributed by atoms with Crippen molar-refractivity contribution in [3.05, 3.63) is 53.6 Å². The Labute approximate surface area is 165 Å². The number of ether oxygens (including phenoxy) is 2. The van der Waals surface area contributed by atoms with Crippen molar-refractivity contribution in [2.24, 2.45) is 0 Å². The fourth-order valence-electron chi connectivity index (χ4n) is 3.13. The minimum absolute atomic E-state index is 0.0713. The first-order valence-electron chi connectivity index (χ1n) is 9.33. The molecule has 1 aliphatic heterocycles. The van der Waals surface area contributed by atoms with Gasteiger partial charge in [-0.05, 0) is 32.0 Å². The van der Waals surface area contributed by atoms with Crippen molar-refractivity contribution in [2.75, 3.05) is 13.2 Å². The Bertz CT molecular complexity index is 817. The van der Waals surface area contributed by atoms with Crippen molar-refractivity contribution >= 4 is 17.7 Å². The zero-order valence-electron chi connectivity index (χ0n) is 16.4. The average molecular weight is 386 g/mol. The molecule has 0 aromatic heterocycles. The van der Waals surface area contributed by atoms with Gasteiger partial charge in [-0.2, -0.15) is 0 Å². The van der Waals surface area contributed by atoms with Crippen molar-refractivity contribution in [2.45, 2.75) is 49.9 Å². The van der Waals surface area contributed by atoms with Gasteiger partial charge in [0.15, 0.2) is 11.5 Å². The van der Waals surface area contributed by atoms with Crippen molar-refractivity contribution in [1.82, 2.24) is 5.32 Å². The number of carbonyl (C=O) groups is 1. The van der Waals surface area contributed by atoms with E-state index in [1.54, 1.807) is 11.8 Å². The summed E-state index contributed by atoms with van der Waals surface area (Å²) in [7, 11) is 0. The monoisotopic (exact) mass is 385 g/mol. The average Bonchev–Trinajstić information content (AvgIpc) is 2.93. The maximum Gasteiger partial charge on any atom is 0.252 e. The van der Waals surface area contributed by atoms with Crippen LogP contribution in [0.15, 0.2) is 47.4 Å². The molecule has 0 fully saturated rings. The summed E-state index contributed by atoms with van der Waals surface area (Å²) in [6, 6.07) is 13.7. The van der Waals surface area contributed by atoms with Gasteiger partial charge in [0.2, 0.25) is 0 Å². The summed E-state index contributed by atoms with van der Waals surface area (Å²) >= 11 is 1.69. The third-order valence-corrected chi connectivity index (χ3v) is 5.28. The molecule has 0 unspecified atom stereocenters. The Hall–Kier alpha value is -2.14. The molecule has 1 aliphatic rings. The van der Waals surface area contributed by atoms with Gasteiger partial charge >= 0.3 is 0 Å². The highest BCUT2D eigenvalue weighted by molar-refractivity contribution is 8.00. The molecule has 5 heteroatoms. The summed E-state index contributed by atoms with van der Waals surface area (Å²) in [4.78, 5) is 13.5. The van der Waals surface area contributed by atoms with Gasteiger partial charge in [0.05, 0.1) is 12.1 Å². The van der Waals surface area contributed by atoms with E-state index in [4.69, 9.17) is 9.47 Å². The van der Waals surface area contributed by atoms with Crippen molar-refractivity contribution in [3.63, 3.8) is 0 Å². The van der Waals surface area contributed by atoms with Crippen LogP contribution < -0.4 is 14.8 Å². The largest absolute Gasteiger partial charge is 0.488 e. The molecule has 1 N–H and O–H groups in total. The summed E-state index contributed by atoms with van der Waals surface area (Å²) in [5.41, 5.74) is 1.68. The van der Waals surface area contributed by atoms with Crippen LogP contribution in [0, 0.1) is 0 Å². The van der Waals surface area contributed by atoms with Crippen LogP contribution in [0.25, 0.3) is 0 Å². The third-order valence-electron chi connectivity index (χ3n) is 4.19. The maximum atomic E-state index is 12.5. The van der Waals surface area contributed by atoms with Gasteiger partial charge in [0.25, 0.3) is 5.91 Å². The first-order valence-corrected chi connectivity index (χ1v) is 10.2. The van der Waals surface area contributed by atoms with E-state index >= 15 is 0 Å². The maximum absolute atomic E-state index is 12.5. The predicted octanol–water partition coefficient (Wildman–Crippen LogP) is 4.71. The van der Waals surface area contributed by atoms with Crippen LogP contribution in [-0.2, 0) is 6.42 Å². The second kappa shape index (κ2) is 8.26. The smallest absolute Gasteiger partial charge is 0.252 e. The Morgan fingerprint density at radius 1 is 1.22 bits per heavy atom. The minimum Gasteiger partial charge on any atom is -0.488 e. The SMILES string of the molecule is CC(C)Sc1ccccc1C(=O)NCCOc1cccc2c1OC(C)(C)C2. The number of thioether (sulfide) groups is 1. The van der Waals surface area contributed by atoms with E-state index in [2.05, 4.69) is 39.1 Å². The van der Waals surface area contributed by atoms with Crippen LogP contribution in [0.5, 0.6) is 11.5 Å². The van der Waals surface area contributed by atoms with Crippen LogP contribution >= 0.6 is 11.8 Å². The lowest BCUT2D eigenvalue weighted by Gasteiger charge is -2.18. The molecule has 0 saturated carbocycles. The number of amides is 1. The molecule has 27 heavy (non-hydrogen) atoms. The van der Waals surface area contributed by atoms with Crippen LogP contribution in [0.4, 0.5) is 0 Å². The second-order valence-corrected chi connectivity index (χ2v) is 9.17. The highest BCUT2D eigenvalue weighted by atomic mass is 32.2. The second-order valence-electron chi connectivity index (χ2n) is 7.55. The molecule has 2 aromatic rings. The fraction of sp³-hybridized carbons (Fsp3) is 0.409. The molecule has 144 valence electrons. The molecular formula is C22H27NO3S. The topological polar surface area (TPSA) is 47.6 Å². The number of carbonyl (C=O) groups excluding carboxylic acids is 1. The molecule has 0 atom stereocenters. The fourth-order valence-corrected chi connectivity index (χ4v) is 4.09. The van der Waals surface area contributed by atoms with Gasteiger partial charge in [-0.1, -0.05) is 38.1 Å². The van der Waals surface area contributed by atoms with E-state index in [-0.39, 0.29) is 11.5 Å².